The van der Waals surface area contributed by atoms with E-state index in [1.165, 1.54) is 7.11 Å². The molecule has 0 atom stereocenters. The highest BCUT2D eigenvalue weighted by Gasteiger charge is 2.35. The molecule has 130 valence electrons. The van der Waals surface area contributed by atoms with E-state index < -0.39 is 0 Å². The van der Waals surface area contributed by atoms with E-state index in [1.807, 2.05) is 30.3 Å². The second-order valence-corrected chi connectivity index (χ2v) is 6.27. The summed E-state index contributed by atoms with van der Waals surface area (Å²) in [6.07, 6.45) is 0.108. The topological polar surface area (TPSA) is 67.2 Å². The van der Waals surface area contributed by atoms with Crippen LogP contribution >= 0.6 is 0 Å². The number of ether oxygens (including phenoxy) is 1. The maximum absolute atomic E-state index is 13.4. The van der Waals surface area contributed by atoms with Gasteiger partial charge in [-0.1, -0.05) is 54.6 Å². The van der Waals surface area contributed by atoms with E-state index in [0.717, 1.165) is 5.56 Å². The van der Waals surface area contributed by atoms with Crippen LogP contribution in [-0.4, -0.2) is 18.7 Å². The van der Waals surface area contributed by atoms with Crippen molar-refractivity contribution in [1.29, 1.82) is 5.26 Å². The predicted molar refractivity (Wildman–Crippen MR) is 101 cm³/mol. The average molecular weight is 353 g/mol. The molecule has 0 spiro atoms. The van der Waals surface area contributed by atoms with E-state index in [4.69, 9.17) is 4.74 Å². The van der Waals surface area contributed by atoms with Crippen LogP contribution in [0.25, 0.3) is 11.1 Å². The summed E-state index contributed by atoms with van der Waals surface area (Å²) in [7, 11) is 1.46. The van der Waals surface area contributed by atoms with Crippen LogP contribution in [0.3, 0.4) is 0 Å². The molecule has 0 saturated carbocycles. The number of nitrogens with zero attached hydrogens (tertiary/aromatic N) is 1. The molecule has 0 aromatic heterocycles. The predicted octanol–water partition coefficient (Wildman–Crippen LogP) is 4.20. The summed E-state index contributed by atoms with van der Waals surface area (Å²) in [6.45, 7) is 0. The molecule has 0 saturated heterocycles. The van der Waals surface area contributed by atoms with Gasteiger partial charge < -0.3 is 4.74 Å². The lowest BCUT2D eigenvalue weighted by Gasteiger charge is -2.24. The maximum atomic E-state index is 13.4. The van der Waals surface area contributed by atoms with Gasteiger partial charge >= 0.3 is 0 Å². The Morgan fingerprint density at radius 1 is 0.852 bits per heavy atom. The molecular formula is C23H15NO3. The van der Waals surface area contributed by atoms with Gasteiger partial charge in [0, 0.05) is 16.7 Å². The van der Waals surface area contributed by atoms with Gasteiger partial charge in [-0.3, -0.25) is 9.59 Å². The Hall–Kier alpha value is -3.71. The van der Waals surface area contributed by atoms with Crippen molar-refractivity contribution < 1.29 is 14.3 Å². The summed E-state index contributed by atoms with van der Waals surface area (Å²) < 4.78 is 5.44. The zero-order chi connectivity index (χ0) is 19.0. The number of nitriles is 1. The summed E-state index contributed by atoms with van der Waals surface area (Å²) in [5, 5.41) is 9.29. The number of fused-ring (bicyclic) bond motifs is 2. The molecule has 1 aliphatic rings. The molecular weight excluding hydrogens is 338 g/mol. The van der Waals surface area contributed by atoms with Crippen molar-refractivity contribution in [2.45, 2.75) is 6.42 Å². The quantitative estimate of drug-likeness (QED) is 0.553. The molecule has 0 fully saturated rings. The Balaban J connectivity index is 2.13. The Morgan fingerprint density at radius 2 is 1.44 bits per heavy atom. The second kappa shape index (κ2) is 6.54. The molecule has 0 amide bonds. The molecule has 4 nitrogen and oxygen atoms in total. The summed E-state index contributed by atoms with van der Waals surface area (Å²) in [5.41, 5.74) is 3.42. The van der Waals surface area contributed by atoms with Gasteiger partial charge in [0.15, 0.2) is 11.6 Å². The molecule has 0 N–H and O–H groups in total. The minimum absolute atomic E-state index is 0.108. The number of methoxy groups -OCH3 is 1. The molecule has 0 bridgehead atoms. The van der Waals surface area contributed by atoms with Crippen molar-refractivity contribution in [2.24, 2.45) is 0 Å². The van der Waals surface area contributed by atoms with Gasteiger partial charge in [-0.15, -0.1) is 0 Å². The maximum Gasteiger partial charge on any atom is 0.198 e. The molecule has 0 heterocycles. The lowest BCUT2D eigenvalue weighted by molar-refractivity contribution is 0.0977. The van der Waals surface area contributed by atoms with Crippen LogP contribution in [0.15, 0.2) is 60.7 Å². The fraction of sp³-hybridized carbons (Fsp3) is 0.0870. The van der Waals surface area contributed by atoms with Crippen molar-refractivity contribution in [3.8, 4) is 22.9 Å². The second-order valence-electron chi connectivity index (χ2n) is 6.27. The van der Waals surface area contributed by atoms with Crippen LogP contribution < -0.4 is 4.74 Å². The standard InChI is InChI=1S/C23H15NO3/c1-27-18-13-15(11-12-24)19(14-7-3-2-4-8-14)21-20(18)22(25)16-9-5-6-10-17(16)23(21)26/h2-10,13H,11H2,1H3. The van der Waals surface area contributed by atoms with Gasteiger partial charge in [-0.05, 0) is 22.8 Å². The average Bonchev–Trinajstić information content (AvgIpc) is 2.72. The minimum atomic E-state index is -0.238. The number of carbonyl (C=O) groups is 2. The summed E-state index contributed by atoms with van der Waals surface area (Å²) in [6, 6.07) is 20.0. The molecule has 3 aromatic carbocycles. The van der Waals surface area contributed by atoms with Crippen molar-refractivity contribution in [1.82, 2.24) is 0 Å². The van der Waals surface area contributed by atoms with E-state index in [1.54, 1.807) is 30.3 Å². The molecule has 27 heavy (non-hydrogen) atoms. The normalized spacial score (nSPS) is 12.1. The highest BCUT2D eigenvalue weighted by molar-refractivity contribution is 6.31. The van der Waals surface area contributed by atoms with Gasteiger partial charge in [0.1, 0.15) is 5.75 Å². The SMILES string of the molecule is COc1cc(CC#N)c(-c2ccccc2)c2c1C(=O)c1ccccc1C2=O. The van der Waals surface area contributed by atoms with Crippen LogP contribution in [0.1, 0.15) is 37.4 Å². The number of carbonyl (C=O) groups excluding carboxylic acids is 2. The largest absolute Gasteiger partial charge is 0.496 e. The minimum Gasteiger partial charge on any atom is -0.496 e. The van der Waals surface area contributed by atoms with E-state index in [9.17, 15) is 14.9 Å². The third-order valence-electron chi connectivity index (χ3n) is 4.80. The lowest BCUT2D eigenvalue weighted by Crippen LogP contribution is -2.23. The summed E-state index contributed by atoms with van der Waals surface area (Å²) in [5.74, 6) is -0.141. The molecule has 4 rings (SSSR count). The third-order valence-corrected chi connectivity index (χ3v) is 4.80. The molecule has 0 unspecified atom stereocenters. The number of benzene rings is 3. The zero-order valence-electron chi connectivity index (χ0n) is 14.7. The van der Waals surface area contributed by atoms with Gasteiger partial charge in [0.2, 0.25) is 0 Å². The molecule has 1 aliphatic carbocycles. The molecule has 0 radical (unpaired) electrons. The van der Waals surface area contributed by atoms with Gasteiger partial charge in [-0.2, -0.15) is 5.26 Å². The number of hydrogen-bond donors (Lipinski definition) is 0. The Bertz CT molecular complexity index is 1120. The van der Waals surface area contributed by atoms with Gasteiger partial charge in [-0.25, -0.2) is 0 Å². The van der Waals surface area contributed by atoms with E-state index in [-0.39, 0.29) is 23.6 Å². The number of hydrogen-bond acceptors (Lipinski definition) is 4. The molecule has 3 aromatic rings. The van der Waals surface area contributed by atoms with E-state index in [2.05, 4.69) is 6.07 Å². The fourth-order valence-electron chi connectivity index (χ4n) is 3.63. The Morgan fingerprint density at radius 3 is 2.04 bits per heavy atom. The highest BCUT2D eigenvalue weighted by Crippen LogP contribution is 2.41. The number of ketones is 2. The number of rotatable bonds is 3. The van der Waals surface area contributed by atoms with Crippen LogP contribution in [0.5, 0.6) is 5.75 Å². The van der Waals surface area contributed by atoms with Crippen molar-refractivity contribution >= 4 is 11.6 Å². The third kappa shape index (κ3) is 2.52. The highest BCUT2D eigenvalue weighted by atomic mass is 16.5. The van der Waals surface area contributed by atoms with Gasteiger partial charge in [0.05, 0.1) is 25.2 Å². The van der Waals surface area contributed by atoms with Crippen LogP contribution in [0, 0.1) is 11.3 Å². The summed E-state index contributed by atoms with van der Waals surface area (Å²) in [4.78, 5) is 26.6. The smallest absolute Gasteiger partial charge is 0.198 e. The first-order valence-electron chi connectivity index (χ1n) is 8.52. The van der Waals surface area contributed by atoms with Crippen LogP contribution in [-0.2, 0) is 6.42 Å². The Kier molecular flexibility index (Phi) is 4.06. The van der Waals surface area contributed by atoms with Crippen molar-refractivity contribution in [2.75, 3.05) is 7.11 Å². The first-order valence-corrected chi connectivity index (χ1v) is 8.52. The van der Waals surface area contributed by atoms with E-state index in [0.29, 0.717) is 33.6 Å². The lowest BCUT2D eigenvalue weighted by atomic mass is 9.78. The monoisotopic (exact) mass is 353 g/mol. The fourth-order valence-corrected chi connectivity index (χ4v) is 3.63. The summed E-state index contributed by atoms with van der Waals surface area (Å²) >= 11 is 0. The van der Waals surface area contributed by atoms with Crippen LogP contribution in [0.4, 0.5) is 0 Å². The Labute approximate surface area is 156 Å². The molecule has 0 aliphatic heterocycles. The van der Waals surface area contributed by atoms with Crippen molar-refractivity contribution in [3.63, 3.8) is 0 Å². The first-order chi connectivity index (χ1) is 13.2. The van der Waals surface area contributed by atoms with Crippen molar-refractivity contribution in [3.05, 3.63) is 88.5 Å². The van der Waals surface area contributed by atoms with Gasteiger partial charge in [0.25, 0.3) is 0 Å². The van der Waals surface area contributed by atoms with E-state index >= 15 is 0 Å². The van der Waals surface area contributed by atoms with Crippen LogP contribution in [0.2, 0.25) is 0 Å². The zero-order valence-corrected chi connectivity index (χ0v) is 14.7. The first kappa shape index (κ1) is 16.7. The molecule has 4 heteroatoms.